The first-order valence-corrected chi connectivity index (χ1v) is 7.19. The van der Waals surface area contributed by atoms with Crippen LogP contribution in [0.15, 0.2) is 30.3 Å². The SMILES string of the molecule is C/C=C(\c1ccc(C(C)(C)C)cc1)C(C(=O)OC)C(=O)OC. The molecule has 1 aromatic rings. The molecule has 0 amide bonds. The predicted molar refractivity (Wildman–Crippen MR) is 86.3 cm³/mol. The summed E-state index contributed by atoms with van der Waals surface area (Å²) in [5, 5.41) is 0. The Morgan fingerprint density at radius 1 is 1.00 bits per heavy atom. The summed E-state index contributed by atoms with van der Waals surface area (Å²) in [6, 6.07) is 7.83. The van der Waals surface area contributed by atoms with Gasteiger partial charge in [0.1, 0.15) is 0 Å². The number of hydrogen-bond donors (Lipinski definition) is 0. The van der Waals surface area contributed by atoms with Crippen LogP contribution in [0.4, 0.5) is 0 Å². The largest absolute Gasteiger partial charge is 0.468 e. The van der Waals surface area contributed by atoms with Crippen LogP contribution in [0.25, 0.3) is 5.57 Å². The summed E-state index contributed by atoms with van der Waals surface area (Å²) in [5.41, 5.74) is 2.61. The fourth-order valence-corrected chi connectivity index (χ4v) is 2.25. The second-order valence-electron chi connectivity index (χ2n) is 6.05. The number of benzene rings is 1. The zero-order valence-electron chi connectivity index (χ0n) is 14.1. The van der Waals surface area contributed by atoms with E-state index < -0.39 is 17.9 Å². The summed E-state index contributed by atoms with van der Waals surface area (Å²) < 4.78 is 9.47. The van der Waals surface area contributed by atoms with E-state index >= 15 is 0 Å². The first-order valence-electron chi connectivity index (χ1n) is 7.19. The van der Waals surface area contributed by atoms with Gasteiger partial charge in [0.05, 0.1) is 14.2 Å². The van der Waals surface area contributed by atoms with E-state index in [1.807, 2.05) is 24.3 Å². The van der Waals surface area contributed by atoms with Crippen molar-refractivity contribution >= 4 is 17.5 Å². The minimum Gasteiger partial charge on any atom is -0.468 e. The van der Waals surface area contributed by atoms with Gasteiger partial charge in [-0.2, -0.15) is 0 Å². The van der Waals surface area contributed by atoms with Crippen molar-refractivity contribution in [1.82, 2.24) is 0 Å². The molecule has 4 heteroatoms. The highest BCUT2D eigenvalue weighted by atomic mass is 16.5. The zero-order valence-corrected chi connectivity index (χ0v) is 14.1. The molecule has 0 spiro atoms. The van der Waals surface area contributed by atoms with E-state index in [1.165, 1.54) is 19.8 Å². The maximum Gasteiger partial charge on any atom is 0.324 e. The van der Waals surface area contributed by atoms with Crippen LogP contribution in [0.2, 0.25) is 0 Å². The lowest BCUT2D eigenvalue weighted by molar-refractivity contribution is -0.155. The third-order valence-corrected chi connectivity index (χ3v) is 3.58. The maximum atomic E-state index is 11.9. The lowest BCUT2D eigenvalue weighted by atomic mass is 9.85. The van der Waals surface area contributed by atoms with Crippen molar-refractivity contribution in [3.05, 3.63) is 41.5 Å². The Morgan fingerprint density at radius 2 is 1.45 bits per heavy atom. The van der Waals surface area contributed by atoms with Crippen LogP contribution >= 0.6 is 0 Å². The molecule has 1 rings (SSSR count). The molecule has 0 radical (unpaired) electrons. The first-order chi connectivity index (χ1) is 10.3. The van der Waals surface area contributed by atoms with Crippen molar-refractivity contribution in [1.29, 1.82) is 0 Å². The van der Waals surface area contributed by atoms with Crippen molar-refractivity contribution < 1.29 is 19.1 Å². The van der Waals surface area contributed by atoms with Crippen LogP contribution in [0.5, 0.6) is 0 Å². The lowest BCUT2D eigenvalue weighted by Crippen LogP contribution is -2.27. The van der Waals surface area contributed by atoms with E-state index in [9.17, 15) is 9.59 Å². The van der Waals surface area contributed by atoms with Gasteiger partial charge >= 0.3 is 11.9 Å². The second kappa shape index (κ2) is 7.25. The normalized spacial score (nSPS) is 12.2. The zero-order chi connectivity index (χ0) is 16.9. The Labute approximate surface area is 132 Å². The number of esters is 2. The van der Waals surface area contributed by atoms with Gasteiger partial charge in [0.2, 0.25) is 0 Å². The Morgan fingerprint density at radius 3 is 1.77 bits per heavy atom. The smallest absolute Gasteiger partial charge is 0.324 e. The monoisotopic (exact) mass is 304 g/mol. The van der Waals surface area contributed by atoms with Gasteiger partial charge in [0, 0.05) is 0 Å². The molecule has 0 aliphatic rings. The average molecular weight is 304 g/mol. The van der Waals surface area contributed by atoms with Crippen molar-refractivity contribution in [3.8, 4) is 0 Å². The highest BCUT2D eigenvalue weighted by molar-refractivity contribution is 6.06. The van der Waals surface area contributed by atoms with E-state index in [-0.39, 0.29) is 5.41 Å². The Balaban J connectivity index is 3.24. The van der Waals surface area contributed by atoms with Crippen LogP contribution in [-0.4, -0.2) is 26.2 Å². The molecule has 0 heterocycles. The van der Waals surface area contributed by atoms with Gasteiger partial charge in [-0.15, -0.1) is 0 Å². The summed E-state index contributed by atoms with van der Waals surface area (Å²) >= 11 is 0. The van der Waals surface area contributed by atoms with Crippen LogP contribution in [0, 0.1) is 5.92 Å². The van der Waals surface area contributed by atoms with Crippen molar-refractivity contribution in [2.24, 2.45) is 5.92 Å². The van der Waals surface area contributed by atoms with Crippen LogP contribution in [-0.2, 0) is 24.5 Å². The molecule has 0 atom stereocenters. The van der Waals surface area contributed by atoms with Crippen LogP contribution in [0.1, 0.15) is 38.8 Å². The quantitative estimate of drug-likeness (QED) is 0.632. The summed E-state index contributed by atoms with van der Waals surface area (Å²) in [6.45, 7) is 8.17. The molecule has 120 valence electrons. The third-order valence-electron chi connectivity index (χ3n) is 3.58. The van der Waals surface area contributed by atoms with Gasteiger partial charge < -0.3 is 9.47 Å². The first kappa shape index (κ1) is 18.0. The minimum atomic E-state index is -1.07. The molecule has 22 heavy (non-hydrogen) atoms. The molecular formula is C18H24O4. The Kier molecular flexibility index (Phi) is 5.92. The van der Waals surface area contributed by atoms with E-state index in [0.717, 1.165) is 5.56 Å². The average Bonchev–Trinajstić information content (AvgIpc) is 2.50. The number of methoxy groups -OCH3 is 2. The molecule has 0 saturated heterocycles. The molecule has 0 unspecified atom stereocenters. The van der Waals surface area contributed by atoms with Gasteiger partial charge in [-0.3, -0.25) is 9.59 Å². The van der Waals surface area contributed by atoms with E-state index in [2.05, 4.69) is 20.8 Å². The highest BCUT2D eigenvalue weighted by Gasteiger charge is 2.33. The van der Waals surface area contributed by atoms with Crippen molar-refractivity contribution in [2.75, 3.05) is 14.2 Å². The van der Waals surface area contributed by atoms with Crippen molar-refractivity contribution in [3.63, 3.8) is 0 Å². The van der Waals surface area contributed by atoms with E-state index in [4.69, 9.17) is 9.47 Å². The summed E-state index contributed by atoms with van der Waals surface area (Å²) in [7, 11) is 2.52. The number of carbonyl (C=O) groups is 2. The molecule has 0 fully saturated rings. The van der Waals surface area contributed by atoms with Crippen LogP contribution in [0.3, 0.4) is 0 Å². The molecule has 0 bridgehead atoms. The topological polar surface area (TPSA) is 52.6 Å². The number of ether oxygens (including phenoxy) is 2. The summed E-state index contributed by atoms with van der Waals surface area (Å²) in [4.78, 5) is 23.9. The van der Waals surface area contributed by atoms with Gasteiger partial charge in [-0.05, 0) is 29.0 Å². The maximum absolute atomic E-state index is 11.9. The molecule has 0 aromatic heterocycles. The second-order valence-corrected chi connectivity index (χ2v) is 6.05. The number of carbonyl (C=O) groups excluding carboxylic acids is 2. The third kappa shape index (κ3) is 3.97. The minimum absolute atomic E-state index is 0.0404. The van der Waals surface area contributed by atoms with Crippen LogP contribution < -0.4 is 0 Å². The fraction of sp³-hybridized carbons (Fsp3) is 0.444. The van der Waals surface area contributed by atoms with Gasteiger partial charge in [-0.1, -0.05) is 51.1 Å². The summed E-state index contributed by atoms with van der Waals surface area (Å²) in [6.07, 6.45) is 1.74. The van der Waals surface area contributed by atoms with E-state index in [0.29, 0.717) is 5.57 Å². The number of allylic oxidation sites excluding steroid dienone is 1. The predicted octanol–water partition coefficient (Wildman–Crippen LogP) is 3.35. The molecule has 0 N–H and O–H groups in total. The molecule has 0 saturated carbocycles. The van der Waals surface area contributed by atoms with Gasteiger partial charge in [0.15, 0.2) is 5.92 Å². The Bertz CT molecular complexity index is 546. The Hall–Kier alpha value is -2.10. The molecule has 0 aliphatic carbocycles. The fourth-order valence-electron chi connectivity index (χ4n) is 2.25. The standard InChI is InChI=1S/C18H24O4/c1-7-14(15(16(19)21-5)17(20)22-6)12-8-10-13(11-9-12)18(2,3)4/h7-11,15H,1-6H3/b14-7+. The molecule has 0 aliphatic heterocycles. The van der Waals surface area contributed by atoms with Gasteiger partial charge in [-0.25, -0.2) is 0 Å². The molecule has 4 nitrogen and oxygen atoms in total. The summed E-state index contributed by atoms with van der Waals surface area (Å²) in [5.74, 6) is -2.32. The molecule has 1 aromatic carbocycles. The van der Waals surface area contributed by atoms with E-state index in [1.54, 1.807) is 13.0 Å². The highest BCUT2D eigenvalue weighted by Crippen LogP contribution is 2.29. The number of rotatable bonds is 4. The molecular weight excluding hydrogens is 280 g/mol. The van der Waals surface area contributed by atoms with Gasteiger partial charge in [0.25, 0.3) is 0 Å². The number of hydrogen-bond acceptors (Lipinski definition) is 4. The lowest BCUT2D eigenvalue weighted by Gasteiger charge is -2.21. The van der Waals surface area contributed by atoms with Crippen molar-refractivity contribution in [2.45, 2.75) is 33.1 Å².